The molecule has 0 atom stereocenters. The van der Waals surface area contributed by atoms with Crippen LogP contribution in [0.1, 0.15) is 18.4 Å². The minimum Gasteiger partial charge on any atom is -0.497 e. The molecular formula is C24H26N4O5S. The van der Waals surface area contributed by atoms with Crippen LogP contribution in [-0.4, -0.2) is 48.6 Å². The Morgan fingerprint density at radius 1 is 1.09 bits per heavy atom. The van der Waals surface area contributed by atoms with E-state index in [1.165, 1.54) is 23.5 Å². The highest BCUT2D eigenvalue weighted by Gasteiger charge is 2.28. The molecular weight excluding hydrogens is 456 g/mol. The molecule has 0 bridgehead atoms. The largest absolute Gasteiger partial charge is 0.497 e. The quantitative estimate of drug-likeness (QED) is 0.554. The van der Waals surface area contributed by atoms with Gasteiger partial charge in [-0.25, -0.2) is 13.1 Å². The summed E-state index contributed by atoms with van der Waals surface area (Å²) in [4.78, 5) is 25.1. The number of rotatable bonds is 7. The molecule has 1 aromatic heterocycles. The number of aryl methyl sites for hydroxylation is 1. The van der Waals surface area contributed by atoms with Gasteiger partial charge in [-0.2, -0.15) is 9.40 Å². The molecule has 3 aromatic rings. The van der Waals surface area contributed by atoms with E-state index in [9.17, 15) is 18.0 Å². The first-order chi connectivity index (χ1) is 16.3. The van der Waals surface area contributed by atoms with Crippen LogP contribution < -0.4 is 15.6 Å². The van der Waals surface area contributed by atoms with Gasteiger partial charge in [-0.15, -0.1) is 0 Å². The average Bonchev–Trinajstić information content (AvgIpc) is 3.37. The van der Waals surface area contributed by atoms with Gasteiger partial charge in [0.25, 0.3) is 5.56 Å². The van der Waals surface area contributed by atoms with Gasteiger partial charge < -0.3 is 10.1 Å². The van der Waals surface area contributed by atoms with Crippen molar-refractivity contribution >= 4 is 21.6 Å². The van der Waals surface area contributed by atoms with E-state index in [0.29, 0.717) is 41.3 Å². The fraction of sp³-hybridized carbons (Fsp3) is 0.292. The molecule has 2 aromatic carbocycles. The van der Waals surface area contributed by atoms with Crippen molar-refractivity contribution < 1.29 is 17.9 Å². The minimum atomic E-state index is -3.61. The van der Waals surface area contributed by atoms with Crippen molar-refractivity contribution in [1.29, 1.82) is 0 Å². The fourth-order valence-electron chi connectivity index (χ4n) is 3.86. The summed E-state index contributed by atoms with van der Waals surface area (Å²) in [5.74, 6) is 0.162. The Bertz CT molecular complexity index is 1380. The third kappa shape index (κ3) is 5.02. The maximum atomic E-state index is 13.1. The molecule has 1 N–H and O–H groups in total. The summed E-state index contributed by atoms with van der Waals surface area (Å²) < 4.78 is 33.9. The first-order valence-corrected chi connectivity index (χ1v) is 12.4. The lowest BCUT2D eigenvalue weighted by Crippen LogP contribution is -2.29. The summed E-state index contributed by atoms with van der Waals surface area (Å²) in [5.41, 5.74) is 1.67. The number of hydrogen-bond acceptors (Lipinski definition) is 6. The number of nitrogens with zero attached hydrogens (tertiary/aromatic N) is 3. The molecule has 0 spiro atoms. The first-order valence-electron chi connectivity index (χ1n) is 10.9. The average molecular weight is 483 g/mol. The second-order valence-corrected chi connectivity index (χ2v) is 9.99. The first kappa shape index (κ1) is 23.7. The highest BCUT2D eigenvalue weighted by atomic mass is 32.2. The number of carbonyl (C=O) groups is 1. The highest BCUT2D eigenvalue weighted by Crippen LogP contribution is 2.27. The molecule has 9 nitrogen and oxygen atoms in total. The molecule has 34 heavy (non-hydrogen) atoms. The van der Waals surface area contributed by atoms with E-state index in [4.69, 9.17) is 4.74 Å². The molecule has 0 saturated carbocycles. The van der Waals surface area contributed by atoms with Crippen molar-refractivity contribution in [3.05, 3.63) is 70.5 Å². The van der Waals surface area contributed by atoms with Gasteiger partial charge in [0.05, 0.1) is 17.7 Å². The Morgan fingerprint density at radius 3 is 2.59 bits per heavy atom. The number of hydrogen-bond donors (Lipinski definition) is 1. The third-order valence-corrected chi connectivity index (χ3v) is 7.72. The molecule has 4 rings (SSSR count). The van der Waals surface area contributed by atoms with Gasteiger partial charge in [-0.3, -0.25) is 9.59 Å². The van der Waals surface area contributed by atoms with Gasteiger partial charge in [0.15, 0.2) is 0 Å². The molecule has 178 valence electrons. The molecule has 0 unspecified atom stereocenters. The Kier molecular flexibility index (Phi) is 6.80. The normalized spacial score (nSPS) is 14.2. The van der Waals surface area contributed by atoms with Crippen molar-refractivity contribution in [2.45, 2.75) is 31.2 Å². The molecule has 1 fully saturated rings. The molecule has 0 radical (unpaired) electrons. The smallest absolute Gasteiger partial charge is 0.267 e. The van der Waals surface area contributed by atoms with E-state index in [2.05, 4.69) is 10.4 Å². The number of benzene rings is 2. The van der Waals surface area contributed by atoms with Crippen molar-refractivity contribution in [3.63, 3.8) is 0 Å². The number of amides is 1. The van der Waals surface area contributed by atoms with E-state index in [1.807, 2.05) is 0 Å². The Balaban J connectivity index is 1.59. The monoisotopic (exact) mass is 482 g/mol. The zero-order valence-electron chi connectivity index (χ0n) is 19.0. The molecule has 1 aliphatic rings. The second-order valence-electron chi connectivity index (χ2n) is 8.09. The summed E-state index contributed by atoms with van der Waals surface area (Å²) in [6.45, 7) is 2.48. The Labute approximate surface area is 198 Å². The second kappa shape index (κ2) is 9.78. The summed E-state index contributed by atoms with van der Waals surface area (Å²) in [7, 11) is -2.08. The number of methoxy groups -OCH3 is 1. The van der Waals surface area contributed by atoms with Crippen molar-refractivity contribution in [3.8, 4) is 17.0 Å². The van der Waals surface area contributed by atoms with E-state index in [-0.39, 0.29) is 11.4 Å². The van der Waals surface area contributed by atoms with Crippen LogP contribution >= 0.6 is 0 Å². The van der Waals surface area contributed by atoms with Crippen LogP contribution in [0.3, 0.4) is 0 Å². The van der Waals surface area contributed by atoms with Crippen LogP contribution in [0.5, 0.6) is 5.75 Å². The van der Waals surface area contributed by atoms with Crippen LogP contribution in [0, 0.1) is 6.92 Å². The number of carbonyl (C=O) groups excluding carboxylic acids is 1. The van der Waals surface area contributed by atoms with Gasteiger partial charge in [-0.05, 0) is 49.6 Å². The predicted octanol–water partition coefficient (Wildman–Crippen LogP) is 2.65. The molecule has 10 heteroatoms. The predicted molar refractivity (Wildman–Crippen MR) is 128 cm³/mol. The SMILES string of the molecule is COc1cccc(NC(=O)Cn2nc(-c3ccc(C)c(S(=O)(=O)N4CCCC4)c3)ccc2=O)c1. The van der Waals surface area contributed by atoms with E-state index < -0.39 is 21.5 Å². The number of nitrogens with one attached hydrogen (secondary N) is 1. The Morgan fingerprint density at radius 2 is 1.85 bits per heavy atom. The van der Waals surface area contributed by atoms with Crippen molar-refractivity contribution in [2.75, 3.05) is 25.5 Å². The molecule has 0 aliphatic carbocycles. The topological polar surface area (TPSA) is 111 Å². The van der Waals surface area contributed by atoms with Crippen LogP contribution in [0.4, 0.5) is 5.69 Å². The van der Waals surface area contributed by atoms with Crippen LogP contribution in [0.15, 0.2) is 64.3 Å². The van der Waals surface area contributed by atoms with E-state index in [0.717, 1.165) is 17.5 Å². The summed E-state index contributed by atoms with van der Waals surface area (Å²) in [5, 5.41) is 7.03. The number of ether oxygens (including phenoxy) is 1. The minimum absolute atomic E-state index is 0.224. The van der Waals surface area contributed by atoms with Crippen LogP contribution in [0.25, 0.3) is 11.3 Å². The fourth-order valence-corrected chi connectivity index (χ4v) is 5.63. The zero-order chi connectivity index (χ0) is 24.3. The van der Waals surface area contributed by atoms with Crippen molar-refractivity contribution in [2.24, 2.45) is 0 Å². The van der Waals surface area contributed by atoms with Gasteiger partial charge in [0.2, 0.25) is 15.9 Å². The molecule has 1 amide bonds. The number of sulfonamides is 1. The molecule has 1 aliphatic heterocycles. The maximum Gasteiger partial charge on any atom is 0.267 e. The van der Waals surface area contributed by atoms with Crippen LogP contribution in [0.2, 0.25) is 0 Å². The van der Waals surface area contributed by atoms with Gasteiger partial charge in [0.1, 0.15) is 12.3 Å². The molecule has 1 saturated heterocycles. The van der Waals surface area contributed by atoms with Crippen LogP contribution in [-0.2, 0) is 21.4 Å². The summed E-state index contributed by atoms with van der Waals surface area (Å²) in [6.07, 6.45) is 1.70. The van der Waals surface area contributed by atoms with E-state index >= 15 is 0 Å². The molecule has 2 heterocycles. The third-order valence-electron chi connectivity index (χ3n) is 5.68. The maximum absolute atomic E-state index is 13.1. The number of aromatic nitrogens is 2. The lowest BCUT2D eigenvalue weighted by atomic mass is 10.1. The zero-order valence-corrected chi connectivity index (χ0v) is 19.8. The van der Waals surface area contributed by atoms with Crippen molar-refractivity contribution in [1.82, 2.24) is 14.1 Å². The van der Waals surface area contributed by atoms with Gasteiger partial charge in [-0.1, -0.05) is 18.2 Å². The Hall–Kier alpha value is -3.50. The highest BCUT2D eigenvalue weighted by molar-refractivity contribution is 7.89. The van der Waals surface area contributed by atoms with E-state index in [1.54, 1.807) is 49.4 Å². The lowest BCUT2D eigenvalue weighted by molar-refractivity contribution is -0.117. The number of anilines is 1. The standard InChI is InChI=1S/C24H26N4O5S/c1-17-8-9-18(14-22(17)34(31,32)27-12-3-4-13-27)21-10-11-24(30)28(26-21)16-23(29)25-19-6-5-7-20(15-19)33-2/h5-11,14-15H,3-4,12-13,16H2,1-2H3,(H,25,29). The summed E-state index contributed by atoms with van der Waals surface area (Å²) in [6, 6.07) is 14.8. The summed E-state index contributed by atoms with van der Waals surface area (Å²) >= 11 is 0. The van der Waals surface area contributed by atoms with Gasteiger partial charge >= 0.3 is 0 Å². The van der Waals surface area contributed by atoms with Gasteiger partial charge in [0, 0.05) is 36.5 Å². The lowest BCUT2D eigenvalue weighted by Gasteiger charge is -2.18.